The number of nitrogens with one attached hydrogen (secondary N) is 1. The number of carbonyl (C=O) groups excluding carboxylic acids is 2. The Bertz CT molecular complexity index is 1860. The fourth-order valence-electron chi connectivity index (χ4n) is 14.3. The molecule has 3 amide bonds. The van der Waals surface area contributed by atoms with Crippen molar-refractivity contribution in [2.45, 2.75) is 137 Å². The molecule has 1 aromatic rings. The van der Waals surface area contributed by atoms with Crippen LogP contribution in [0.2, 0.25) is 0 Å². The van der Waals surface area contributed by atoms with Gasteiger partial charge in [-0.2, -0.15) is 0 Å². The van der Waals surface area contributed by atoms with E-state index in [2.05, 4.69) is 59.5 Å². The first kappa shape index (κ1) is 41.3. The lowest BCUT2D eigenvalue weighted by molar-refractivity contribution is -0.218. The first-order chi connectivity index (χ1) is 26.5. The average Bonchev–Trinajstić information content (AvgIpc) is 3.50. The van der Waals surface area contributed by atoms with E-state index in [0.717, 1.165) is 63.4 Å². The van der Waals surface area contributed by atoms with Gasteiger partial charge in [0.1, 0.15) is 11.6 Å². The van der Waals surface area contributed by atoms with Crippen molar-refractivity contribution >= 4 is 29.6 Å². The van der Waals surface area contributed by atoms with Crippen LogP contribution < -0.4 is 5.32 Å². The Morgan fingerprint density at radius 1 is 0.860 bits per heavy atom. The molecule has 1 aliphatic heterocycles. The quantitative estimate of drug-likeness (QED) is 0.253. The molecule has 5 fully saturated rings. The van der Waals surface area contributed by atoms with E-state index in [9.17, 15) is 29.4 Å². The molecule has 10 unspecified atom stereocenters. The molecule has 57 heavy (non-hydrogen) atoms. The number of nitrogens with zero attached hydrogens (tertiary/aromatic N) is 2. The first-order valence-corrected chi connectivity index (χ1v) is 21.5. The number of allylic oxidation sites excluding steroid dienone is 3. The van der Waals surface area contributed by atoms with Crippen molar-refractivity contribution in [1.82, 2.24) is 15.1 Å². The topological polar surface area (TPSA) is 136 Å². The Morgan fingerprint density at radius 2 is 1.54 bits per heavy atom. The maximum Gasteiger partial charge on any atom is 0.410 e. The van der Waals surface area contributed by atoms with Crippen molar-refractivity contribution in [2.75, 3.05) is 19.6 Å². The number of aromatic carboxylic acids is 1. The molecule has 1 saturated heterocycles. The van der Waals surface area contributed by atoms with Crippen LogP contribution in [0.3, 0.4) is 0 Å². The summed E-state index contributed by atoms with van der Waals surface area (Å²) >= 11 is 0. The van der Waals surface area contributed by atoms with Gasteiger partial charge in [-0.25, -0.2) is 19.2 Å². The highest BCUT2D eigenvalue weighted by atomic mass is 16.6. The van der Waals surface area contributed by atoms with E-state index < -0.39 is 35.2 Å². The average molecular weight is 786 g/mol. The molecule has 5 aliphatic carbocycles. The van der Waals surface area contributed by atoms with Crippen molar-refractivity contribution in [3.05, 3.63) is 53.6 Å². The van der Waals surface area contributed by atoms with Crippen molar-refractivity contribution in [3.63, 3.8) is 0 Å². The number of carbonyl (C=O) groups is 4. The zero-order valence-corrected chi connectivity index (χ0v) is 35.9. The van der Waals surface area contributed by atoms with Gasteiger partial charge in [-0.3, -0.25) is 0 Å². The van der Waals surface area contributed by atoms with Crippen molar-refractivity contribution in [1.29, 1.82) is 0 Å². The lowest BCUT2D eigenvalue weighted by Gasteiger charge is -2.72. The molecule has 4 saturated carbocycles. The number of urea groups is 1. The molecular formula is C47H67N3O7. The second-order valence-corrected chi connectivity index (χ2v) is 21.2. The summed E-state index contributed by atoms with van der Waals surface area (Å²) < 4.78 is 5.54. The van der Waals surface area contributed by atoms with E-state index in [-0.39, 0.29) is 59.2 Å². The molecule has 0 bridgehead atoms. The number of amides is 3. The fourth-order valence-corrected chi connectivity index (χ4v) is 14.3. The minimum Gasteiger partial charge on any atom is -0.480 e. The van der Waals surface area contributed by atoms with Crippen LogP contribution in [0.25, 0.3) is 5.57 Å². The number of carboxylic acid groups (broad SMARTS) is 2. The van der Waals surface area contributed by atoms with Crippen LogP contribution in [0.15, 0.2) is 42.5 Å². The Kier molecular flexibility index (Phi) is 10.1. The molecule has 10 nitrogen and oxygen atoms in total. The monoisotopic (exact) mass is 785 g/mol. The van der Waals surface area contributed by atoms with Crippen LogP contribution in [0, 0.1) is 51.2 Å². The summed E-state index contributed by atoms with van der Waals surface area (Å²) in [6.45, 7) is 24.8. The molecule has 1 heterocycles. The van der Waals surface area contributed by atoms with Crippen LogP contribution in [-0.2, 0) is 9.53 Å². The minimum atomic E-state index is -1.17. The van der Waals surface area contributed by atoms with E-state index in [0.29, 0.717) is 23.3 Å². The number of benzene rings is 1. The summed E-state index contributed by atoms with van der Waals surface area (Å²) in [5.41, 5.74) is 2.92. The lowest BCUT2D eigenvalue weighted by atomic mass is 9.33. The third-order valence-corrected chi connectivity index (χ3v) is 17.0. The molecule has 0 spiro atoms. The third-order valence-electron chi connectivity index (χ3n) is 17.0. The van der Waals surface area contributed by atoms with Crippen LogP contribution in [-0.4, -0.2) is 80.9 Å². The number of rotatable bonds is 5. The normalized spacial score (nSPS) is 38.4. The van der Waals surface area contributed by atoms with Gasteiger partial charge < -0.3 is 30.1 Å². The van der Waals surface area contributed by atoms with Crippen molar-refractivity contribution < 1.29 is 34.1 Å². The Hall–Kier alpha value is -3.82. The Labute approximate surface area is 339 Å². The predicted molar refractivity (Wildman–Crippen MR) is 220 cm³/mol. The summed E-state index contributed by atoms with van der Waals surface area (Å²) in [7, 11) is 0. The summed E-state index contributed by atoms with van der Waals surface area (Å²) in [5.74, 6) is -0.166. The van der Waals surface area contributed by atoms with Gasteiger partial charge in [0.2, 0.25) is 0 Å². The molecule has 0 aromatic heterocycles. The smallest absolute Gasteiger partial charge is 0.410 e. The second kappa shape index (κ2) is 13.9. The van der Waals surface area contributed by atoms with E-state index in [1.165, 1.54) is 20.9 Å². The van der Waals surface area contributed by atoms with Gasteiger partial charge in [-0.15, -0.1) is 0 Å². The number of piperazine rings is 1. The third kappa shape index (κ3) is 6.50. The molecule has 10 heteroatoms. The van der Waals surface area contributed by atoms with Gasteiger partial charge in [0.25, 0.3) is 0 Å². The highest BCUT2D eigenvalue weighted by molar-refractivity contribution is 5.88. The summed E-state index contributed by atoms with van der Waals surface area (Å²) in [5, 5.41) is 23.4. The Morgan fingerprint density at radius 3 is 2.16 bits per heavy atom. The molecule has 0 radical (unpaired) electrons. The largest absolute Gasteiger partial charge is 0.480 e. The zero-order chi connectivity index (χ0) is 41.7. The molecule has 7 rings (SSSR count). The van der Waals surface area contributed by atoms with Crippen molar-refractivity contribution in [2.24, 2.45) is 51.2 Å². The summed E-state index contributed by atoms with van der Waals surface area (Å²) in [6.07, 6.45) is 11.1. The van der Waals surface area contributed by atoms with Crippen LogP contribution >= 0.6 is 0 Å². The van der Waals surface area contributed by atoms with Crippen molar-refractivity contribution in [3.8, 4) is 0 Å². The molecule has 312 valence electrons. The highest BCUT2D eigenvalue weighted by Crippen LogP contribution is 2.76. The van der Waals surface area contributed by atoms with Gasteiger partial charge in [-0.05, 0) is 160 Å². The summed E-state index contributed by atoms with van der Waals surface area (Å²) in [4.78, 5) is 54.4. The van der Waals surface area contributed by atoms with E-state index in [1.54, 1.807) is 32.9 Å². The molecule has 6 aliphatic rings. The lowest BCUT2D eigenvalue weighted by Crippen LogP contribution is -2.70. The number of carboxylic acids is 2. The van der Waals surface area contributed by atoms with Crippen LogP contribution in [0.4, 0.5) is 9.59 Å². The highest BCUT2D eigenvalue weighted by Gasteiger charge is 2.71. The minimum absolute atomic E-state index is 0.0459. The maximum atomic E-state index is 14.4. The first-order valence-electron chi connectivity index (χ1n) is 21.5. The van der Waals surface area contributed by atoms with E-state index in [4.69, 9.17) is 4.74 Å². The number of hydrogen-bond donors (Lipinski definition) is 3. The summed E-state index contributed by atoms with van der Waals surface area (Å²) in [6, 6.07) is 5.91. The van der Waals surface area contributed by atoms with Gasteiger partial charge in [-0.1, -0.05) is 65.0 Å². The molecular weight excluding hydrogens is 719 g/mol. The maximum absolute atomic E-state index is 14.4. The van der Waals surface area contributed by atoms with E-state index >= 15 is 0 Å². The Balaban J connectivity index is 1.15. The second-order valence-electron chi connectivity index (χ2n) is 21.2. The predicted octanol–water partition coefficient (Wildman–Crippen LogP) is 9.50. The van der Waals surface area contributed by atoms with Crippen LogP contribution in [0.1, 0.15) is 136 Å². The standard InChI is InChI=1S/C47H67N3O7/c1-28(2)31-17-22-47(48-40(55)50-26-25-49(27-34(50)39(53)54)41(56)57-42(3,4)5)24-23-45(9)33(37(31)47)15-16-36-44(8)20-18-32(29-11-13-30(14-12-29)38(51)52)43(6,7)35(44)19-21-46(36,45)10/h11-14,18,31,33-37H,1,15-17,19-27H2,2-10H3,(H,48,55)(H,51,52)(H,53,54). The molecule has 3 N–H and O–H groups in total. The van der Waals surface area contributed by atoms with E-state index in [1.807, 2.05) is 12.1 Å². The van der Waals surface area contributed by atoms with Gasteiger partial charge in [0.05, 0.1) is 12.1 Å². The van der Waals surface area contributed by atoms with Gasteiger partial charge in [0.15, 0.2) is 0 Å². The number of fused-ring (bicyclic) bond motifs is 7. The number of ether oxygens (including phenoxy) is 1. The van der Waals surface area contributed by atoms with Gasteiger partial charge >= 0.3 is 24.1 Å². The van der Waals surface area contributed by atoms with Crippen LogP contribution in [0.5, 0.6) is 0 Å². The molecule has 1 aromatic carbocycles. The zero-order valence-electron chi connectivity index (χ0n) is 35.9. The molecule has 10 atom stereocenters. The fraction of sp³-hybridized carbons (Fsp3) is 0.702. The SMILES string of the molecule is C=C(C)C1CCC2(NC(=O)N3CCN(C(=O)OC(C)(C)C)CC3C(=O)O)CCC3(C)C(CCC4C5(C)CC=C(c6ccc(C(=O)O)cc6)C(C)(C)C5CCC43C)C12. The number of aliphatic carboxylic acids is 1. The van der Waals surface area contributed by atoms with Gasteiger partial charge in [0, 0.05) is 18.6 Å². The number of hydrogen-bond acceptors (Lipinski definition) is 5.